The average Bonchev–Trinajstić information content (AvgIpc) is 2.73. The van der Waals surface area contributed by atoms with E-state index in [0.29, 0.717) is 10.1 Å². The van der Waals surface area contributed by atoms with Gasteiger partial charge in [-0.3, -0.25) is 14.9 Å². The van der Waals surface area contributed by atoms with E-state index in [9.17, 15) is 14.9 Å². The number of nitrogens with zero attached hydrogens (tertiary/aromatic N) is 2. The van der Waals surface area contributed by atoms with E-state index in [1.165, 1.54) is 25.1 Å². The number of aromatic nitrogens is 1. The molecule has 1 unspecified atom stereocenters. The van der Waals surface area contributed by atoms with Crippen molar-refractivity contribution in [1.29, 1.82) is 0 Å². The molecule has 0 fully saturated rings. The van der Waals surface area contributed by atoms with Gasteiger partial charge in [0.15, 0.2) is 4.34 Å². The van der Waals surface area contributed by atoms with E-state index in [2.05, 4.69) is 9.72 Å². The van der Waals surface area contributed by atoms with Crippen molar-refractivity contribution < 1.29 is 14.5 Å². The molecule has 1 rings (SSSR count). The standard InChI is InChI=1S/C8H10N2O4S2/c1-5(7(11)14-2)4-15-8-9-3-6(16-8)10(12)13/h3,5H,4H2,1-2H3. The van der Waals surface area contributed by atoms with Crippen LogP contribution in [-0.4, -0.2) is 28.7 Å². The van der Waals surface area contributed by atoms with Crippen LogP contribution in [0.1, 0.15) is 6.92 Å². The highest BCUT2D eigenvalue weighted by Crippen LogP contribution is 2.30. The molecule has 16 heavy (non-hydrogen) atoms. The molecule has 0 amide bonds. The molecular weight excluding hydrogens is 252 g/mol. The van der Waals surface area contributed by atoms with Crippen molar-refractivity contribution in [2.24, 2.45) is 5.92 Å². The maximum Gasteiger partial charge on any atom is 0.344 e. The first-order chi connectivity index (χ1) is 7.54. The molecule has 0 N–H and O–H groups in total. The highest BCUT2D eigenvalue weighted by molar-refractivity contribution is 8.01. The lowest BCUT2D eigenvalue weighted by Crippen LogP contribution is -2.14. The van der Waals surface area contributed by atoms with Gasteiger partial charge in [0.05, 0.1) is 18.0 Å². The minimum atomic E-state index is -0.481. The van der Waals surface area contributed by atoms with Crippen molar-refractivity contribution in [2.45, 2.75) is 11.3 Å². The lowest BCUT2D eigenvalue weighted by molar-refractivity contribution is -0.380. The molecule has 0 radical (unpaired) electrons. The number of thioether (sulfide) groups is 1. The zero-order valence-electron chi connectivity index (χ0n) is 8.71. The predicted molar refractivity (Wildman–Crippen MR) is 60.7 cm³/mol. The van der Waals surface area contributed by atoms with Gasteiger partial charge in [0.2, 0.25) is 0 Å². The lowest BCUT2D eigenvalue weighted by atomic mass is 10.2. The highest BCUT2D eigenvalue weighted by Gasteiger charge is 2.16. The molecule has 0 aromatic carbocycles. The van der Waals surface area contributed by atoms with Crippen LogP contribution in [0.2, 0.25) is 0 Å². The third-order valence-electron chi connectivity index (χ3n) is 1.71. The molecule has 0 bridgehead atoms. The third kappa shape index (κ3) is 3.46. The first-order valence-electron chi connectivity index (χ1n) is 4.35. The number of ether oxygens (including phenoxy) is 1. The molecule has 1 aromatic heterocycles. The Bertz CT molecular complexity index is 393. The SMILES string of the molecule is COC(=O)C(C)CSc1ncc([N+](=O)[O-])s1. The van der Waals surface area contributed by atoms with E-state index in [0.717, 1.165) is 11.3 Å². The maximum atomic E-state index is 11.1. The van der Waals surface area contributed by atoms with Crippen molar-refractivity contribution in [3.63, 3.8) is 0 Å². The van der Waals surface area contributed by atoms with Crippen LogP contribution in [0, 0.1) is 16.0 Å². The van der Waals surface area contributed by atoms with Crippen LogP contribution in [0.4, 0.5) is 5.00 Å². The summed E-state index contributed by atoms with van der Waals surface area (Å²) in [4.78, 5) is 24.9. The monoisotopic (exact) mass is 262 g/mol. The molecule has 88 valence electrons. The Morgan fingerprint density at radius 2 is 2.50 bits per heavy atom. The molecule has 1 aromatic rings. The molecule has 0 spiro atoms. The number of hydrogen-bond acceptors (Lipinski definition) is 7. The summed E-state index contributed by atoms with van der Waals surface area (Å²) in [5.41, 5.74) is 0. The van der Waals surface area contributed by atoms with Crippen molar-refractivity contribution in [3.05, 3.63) is 16.3 Å². The van der Waals surface area contributed by atoms with Crippen molar-refractivity contribution in [1.82, 2.24) is 4.98 Å². The van der Waals surface area contributed by atoms with Crippen molar-refractivity contribution >= 4 is 34.1 Å². The zero-order chi connectivity index (χ0) is 12.1. The molecule has 0 aliphatic rings. The summed E-state index contributed by atoms with van der Waals surface area (Å²) in [6, 6.07) is 0. The molecule has 0 saturated heterocycles. The molecule has 8 heteroatoms. The predicted octanol–water partition coefficient (Wildman–Crippen LogP) is 1.95. The van der Waals surface area contributed by atoms with Crippen LogP contribution in [0.5, 0.6) is 0 Å². The van der Waals surface area contributed by atoms with Crippen molar-refractivity contribution in [2.75, 3.05) is 12.9 Å². The molecule has 0 saturated carbocycles. The van der Waals surface area contributed by atoms with Gasteiger partial charge in [-0.1, -0.05) is 18.7 Å². The molecule has 0 aliphatic carbocycles. The molecule has 0 aliphatic heterocycles. The van der Waals surface area contributed by atoms with Crippen molar-refractivity contribution in [3.8, 4) is 0 Å². The Labute approximate surface area is 100 Å². The fraction of sp³-hybridized carbons (Fsp3) is 0.500. The highest BCUT2D eigenvalue weighted by atomic mass is 32.2. The Hall–Kier alpha value is -1.15. The van der Waals surface area contributed by atoms with E-state index in [1.807, 2.05) is 0 Å². The summed E-state index contributed by atoms with van der Waals surface area (Å²) >= 11 is 2.32. The summed E-state index contributed by atoms with van der Waals surface area (Å²) < 4.78 is 5.15. The number of esters is 1. The minimum absolute atomic E-state index is 0.00761. The van der Waals surface area contributed by atoms with Gasteiger partial charge in [-0.15, -0.1) is 0 Å². The third-order valence-corrected chi connectivity index (χ3v) is 4.08. The van der Waals surface area contributed by atoms with E-state index in [4.69, 9.17) is 0 Å². The average molecular weight is 262 g/mol. The topological polar surface area (TPSA) is 82.3 Å². The van der Waals surface area contributed by atoms with E-state index >= 15 is 0 Å². The summed E-state index contributed by atoms with van der Waals surface area (Å²) in [7, 11) is 1.33. The quantitative estimate of drug-likeness (QED) is 0.349. The second kappa shape index (κ2) is 5.80. The number of methoxy groups -OCH3 is 1. The molecule has 6 nitrogen and oxygen atoms in total. The minimum Gasteiger partial charge on any atom is -0.469 e. The van der Waals surface area contributed by atoms with Gasteiger partial charge in [-0.05, 0) is 11.3 Å². The van der Waals surface area contributed by atoms with Crippen LogP contribution in [-0.2, 0) is 9.53 Å². The molecule has 1 atom stereocenters. The Morgan fingerprint density at radius 1 is 1.81 bits per heavy atom. The lowest BCUT2D eigenvalue weighted by Gasteiger charge is -2.06. The van der Waals surface area contributed by atoms with E-state index < -0.39 is 4.92 Å². The summed E-state index contributed by atoms with van der Waals surface area (Å²) in [5.74, 6) is -0.0475. The Balaban J connectivity index is 2.48. The van der Waals surface area contributed by atoms with Gasteiger partial charge in [0.25, 0.3) is 0 Å². The maximum absolute atomic E-state index is 11.1. The first kappa shape index (κ1) is 12.9. The van der Waals surface area contributed by atoms with Crippen LogP contribution in [0.25, 0.3) is 0 Å². The van der Waals surface area contributed by atoms with E-state index in [-0.39, 0.29) is 16.9 Å². The Morgan fingerprint density at radius 3 is 3.00 bits per heavy atom. The number of carbonyl (C=O) groups excluding carboxylic acids is 1. The fourth-order valence-electron chi connectivity index (χ4n) is 0.867. The number of carbonyl (C=O) groups is 1. The summed E-state index contributed by atoms with van der Waals surface area (Å²) in [5, 5.41) is 10.4. The molecule has 1 heterocycles. The zero-order valence-corrected chi connectivity index (χ0v) is 10.3. The van der Waals surface area contributed by atoms with E-state index in [1.54, 1.807) is 6.92 Å². The largest absolute Gasteiger partial charge is 0.469 e. The normalized spacial score (nSPS) is 12.1. The van der Waals surface area contributed by atoms with Crippen LogP contribution in [0.15, 0.2) is 10.5 Å². The second-order valence-corrected chi connectivity index (χ2v) is 5.23. The number of nitro groups is 1. The Kier molecular flexibility index (Phi) is 4.69. The van der Waals surface area contributed by atoms with Gasteiger partial charge in [0.1, 0.15) is 6.20 Å². The number of thiazole rings is 1. The van der Waals surface area contributed by atoms with Crippen LogP contribution >= 0.6 is 23.1 Å². The molecular formula is C8H10N2O4S2. The summed E-state index contributed by atoms with van der Waals surface area (Å²) in [6.45, 7) is 1.74. The smallest absolute Gasteiger partial charge is 0.344 e. The van der Waals surface area contributed by atoms with Crippen LogP contribution in [0.3, 0.4) is 0 Å². The summed E-state index contributed by atoms with van der Waals surface area (Å²) in [6.07, 6.45) is 1.22. The van der Waals surface area contributed by atoms with Gasteiger partial charge in [-0.2, -0.15) is 0 Å². The number of hydrogen-bond donors (Lipinski definition) is 0. The fourth-order valence-corrected chi connectivity index (χ4v) is 2.68. The van der Waals surface area contributed by atoms with Gasteiger partial charge < -0.3 is 4.74 Å². The van der Waals surface area contributed by atoms with Crippen LogP contribution < -0.4 is 0 Å². The van der Waals surface area contributed by atoms with Gasteiger partial charge in [0, 0.05) is 5.75 Å². The van der Waals surface area contributed by atoms with Gasteiger partial charge in [-0.25, -0.2) is 4.98 Å². The van der Waals surface area contributed by atoms with Gasteiger partial charge >= 0.3 is 11.0 Å². The second-order valence-electron chi connectivity index (χ2n) is 2.96. The number of rotatable bonds is 5. The first-order valence-corrected chi connectivity index (χ1v) is 6.15.